The molecule has 23 heteroatoms. The summed E-state index contributed by atoms with van der Waals surface area (Å²) in [6.45, 7) is 4.40. The number of fused-ring (bicyclic) bond motifs is 1. The summed E-state index contributed by atoms with van der Waals surface area (Å²) in [6, 6.07) is -3.59. The smallest absolute Gasteiger partial charge is 0.315 e. The van der Waals surface area contributed by atoms with Gasteiger partial charge in [-0.15, -0.1) is 0 Å². The molecule has 0 bridgehead atoms. The minimum Gasteiger partial charge on any atom is -0.391 e. The number of rotatable bonds is 30. The second-order valence-electron chi connectivity index (χ2n) is 15.9. The van der Waals surface area contributed by atoms with Crippen LogP contribution in [-0.4, -0.2) is 137 Å². The number of nitrogens with two attached hydrogens (primary N) is 2. The summed E-state index contributed by atoms with van der Waals surface area (Å²) in [7, 11) is 0. The predicted molar refractivity (Wildman–Crippen MR) is 224 cm³/mol. The summed E-state index contributed by atoms with van der Waals surface area (Å²) in [5, 5.41) is 40.4. The van der Waals surface area contributed by atoms with Gasteiger partial charge < -0.3 is 59.1 Å². The highest BCUT2D eigenvalue weighted by molar-refractivity contribution is 8.00. The van der Waals surface area contributed by atoms with Crippen molar-refractivity contribution in [3.05, 3.63) is 0 Å². The minimum atomic E-state index is -1.55. The molecule has 0 saturated carbocycles. The molecule has 0 aromatic rings. The fourth-order valence-electron chi connectivity index (χ4n) is 6.95. The maximum absolute atomic E-state index is 13.4. The summed E-state index contributed by atoms with van der Waals surface area (Å²) >= 11 is 1.83. The highest BCUT2D eigenvalue weighted by Crippen LogP contribution is 2.33. The van der Waals surface area contributed by atoms with E-state index in [2.05, 4.69) is 42.5 Å². The first kappa shape index (κ1) is 52.4. The van der Waals surface area contributed by atoms with E-state index in [0.717, 1.165) is 25.0 Å². The zero-order chi connectivity index (χ0) is 45.5. The van der Waals surface area contributed by atoms with E-state index in [1.807, 2.05) is 25.6 Å². The van der Waals surface area contributed by atoms with Gasteiger partial charge in [-0.25, -0.2) is 10.3 Å². The lowest BCUT2D eigenvalue weighted by Gasteiger charge is -2.26. The van der Waals surface area contributed by atoms with Crippen molar-refractivity contribution >= 4 is 65.1 Å². The molecule has 22 nitrogen and oxygen atoms in total. The van der Waals surface area contributed by atoms with Crippen LogP contribution >= 0.6 is 11.8 Å². The summed E-state index contributed by atoms with van der Waals surface area (Å²) in [6.07, 6.45) is 3.60. The van der Waals surface area contributed by atoms with Crippen molar-refractivity contribution in [2.24, 2.45) is 23.3 Å². The van der Waals surface area contributed by atoms with Crippen LogP contribution in [0.3, 0.4) is 0 Å². The molecule has 0 radical (unpaired) electrons. The number of primary amides is 1. The zero-order valence-corrected chi connectivity index (χ0v) is 36.2. The van der Waals surface area contributed by atoms with Gasteiger partial charge in [0.2, 0.25) is 47.3 Å². The Kier molecular flexibility index (Phi) is 24.0. The maximum Gasteiger partial charge on any atom is 0.315 e. The van der Waals surface area contributed by atoms with Gasteiger partial charge in [-0.05, 0) is 77.2 Å². The van der Waals surface area contributed by atoms with E-state index in [9.17, 15) is 48.3 Å². The van der Waals surface area contributed by atoms with E-state index >= 15 is 0 Å². The Labute approximate surface area is 360 Å². The highest BCUT2D eigenvalue weighted by Gasteiger charge is 2.42. The predicted octanol–water partition coefficient (Wildman–Crippen LogP) is -2.76. The number of amides is 10. The molecule has 2 saturated heterocycles. The number of nitrogens with one attached hydrogen (secondary N) is 9. The van der Waals surface area contributed by atoms with Crippen LogP contribution in [0.15, 0.2) is 0 Å². The largest absolute Gasteiger partial charge is 0.391 e. The number of urea groups is 1. The molecule has 346 valence electrons. The number of thioether (sulfide) groups is 1. The van der Waals surface area contributed by atoms with Gasteiger partial charge in [0.25, 0.3) is 0 Å². The lowest BCUT2D eigenvalue weighted by molar-refractivity contribution is -0.137. The van der Waals surface area contributed by atoms with Crippen LogP contribution in [0.25, 0.3) is 0 Å². The Bertz CT molecular complexity index is 1510. The molecule has 1 unspecified atom stereocenters. The molecule has 0 spiro atoms. The molecule has 2 rings (SSSR count). The molecular weight excluding hydrogens is 819 g/mol. The maximum atomic E-state index is 13.4. The Morgan fingerprint density at radius 1 is 0.770 bits per heavy atom. The highest BCUT2D eigenvalue weighted by atomic mass is 32.2. The summed E-state index contributed by atoms with van der Waals surface area (Å²) in [5.41, 5.74) is 12.6. The third-order valence-corrected chi connectivity index (χ3v) is 11.7. The lowest BCUT2D eigenvalue weighted by atomic mass is 9.92. The van der Waals surface area contributed by atoms with E-state index < -0.39 is 84.6 Å². The van der Waals surface area contributed by atoms with Gasteiger partial charge in [0.1, 0.15) is 18.1 Å². The van der Waals surface area contributed by atoms with Crippen molar-refractivity contribution in [2.75, 3.05) is 31.9 Å². The molecule has 2 aliphatic rings. The fourth-order valence-corrected chi connectivity index (χ4v) is 8.49. The lowest BCUT2D eigenvalue weighted by Crippen LogP contribution is -2.58. The van der Waals surface area contributed by atoms with E-state index in [1.165, 1.54) is 12.4 Å². The van der Waals surface area contributed by atoms with Crippen LogP contribution in [0.4, 0.5) is 4.79 Å². The normalized spacial score (nSPS) is 19.1. The van der Waals surface area contributed by atoms with Crippen LogP contribution in [0.1, 0.15) is 97.8 Å². The molecule has 15 N–H and O–H groups in total. The molecule has 8 atom stereocenters. The molecule has 61 heavy (non-hydrogen) atoms. The SMILES string of the molecule is CC(C)CC(CC(=O)NO)C(=O)N[C@@H](CCCCN)C(=O)N[C@H](C(=O)NCC(=O)NCC(=O)N[C@@H](CCCCNC(=O)CCCC[C@@H]1SC[C@@H]2NC(=O)N[C@@H]21)C(N)=O)[C@@H](C)O. The van der Waals surface area contributed by atoms with Crippen LogP contribution in [0.2, 0.25) is 0 Å². The average Bonchev–Trinajstić information content (AvgIpc) is 3.76. The average molecular weight is 886 g/mol. The molecule has 0 aliphatic carbocycles. The van der Waals surface area contributed by atoms with Gasteiger partial charge in [0.05, 0.1) is 31.3 Å². The van der Waals surface area contributed by atoms with E-state index in [4.69, 9.17) is 16.7 Å². The number of aliphatic hydroxyl groups excluding tert-OH is 1. The minimum absolute atomic E-state index is 0.00232. The first-order valence-electron chi connectivity index (χ1n) is 21.0. The van der Waals surface area contributed by atoms with Gasteiger partial charge in [0.15, 0.2) is 0 Å². The Balaban J connectivity index is 1.74. The van der Waals surface area contributed by atoms with E-state index in [-0.39, 0.29) is 55.6 Å². The molecule has 0 aromatic heterocycles. The van der Waals surface area contributed by atoms with Gasteiger partial charge in [-0.1, -0.05) is 20.3 Å². The van der Waals surface area contributed by atoms with Crippen LogP contribution < -0.4 is 59.5 Å². The summed E-state index contributed by atoms with van der Waals surface area (Å²) < 4.78 is 0. The second kappa shape index (κ2) is 28.0. The number of hydrogen-bond donors (Lipinski definition) is 13. The van der Waals surface area contributed by atoms with Crippen LogP contribution in [-0.2, 0) is 38.4 Å². The first-order valence-corrected chi connectivity index (χ1v) is 22.0. The van der Waals surface area contributed by atoms with Gasteiger partial charge in [-0.2, -0.15) is 11.8 Å². The molecule has 10 amide bonds. The number of carbonyl (C=O) groups is 9. The first-order chi connectivity index (χ1) is 28.9. The standard InChI is InChI=1S/C38H67N11O11S/c1-21(2)16-23(17-29(52)49-60)35(56)45-25(11-6-8-14-39)36(57)47-32(22(3)50)37(58)43-18-30(53)42-19-31(54)44-24(34(40)55)10-7-9-15-41-28(51)13-5-4-12-27-33-26(20-61-27)46-38(59)48-33/h21-27,32-33,50,60H,4-20,39H2,1-3H3,(H2,40,55)(H,41,51)(H,42,53)(H,43,58)(H,44,54)(H,45,56)(H,47,57)(H,49,52)(H2,46,48,59)/t22-,23?,24+,25+,26+,27+,32+,33+/m1/s1. The summed E-state index contributed by atoms with van der Waals surface area (Å²) in [5.74, 6) is -5.54. The molecule has 0 aromatic carbocycles. The number of unbranched alkanes of at least 4 members (excludes halogenated alkanes) is 3. The van der Waals surface area contributed by atoms with E-state index in [0.29, 0.717) is 50.4 Å². The Hall–Kier alpha value is -4.74. The fraction of sp³-hybridized carbons (Fsp3) is 0.763. The van der Waals surface area contributed by atoms with Gasteiger partial charge in [-0.3, -0.25) is 43.6 Å². The van der Waals surface area contributed by atoms with Gasteiger partial charge in [0, 0.05) is 36.3 Å². The van der Waals surface area contributed by atoms with Crippen molar-refractivity contribution in [3.8, 4) is 0 Å². The van der Waals surface area contributed by atoms with Crippen LogP contribution in [0.5, 0.6) is 0 Å². The van der Waals surface area contributed by atoms with Crippen molar-refractivity contribution < 1.29 is 53.5 Å². The number of aliphatic hydroxyl groups is 1. The molecule has 2 heterocycles. The second-order valence-corrected chi connectivity index (χ2v) is 17.1. The topological polar surface area (TPSA) is 354 Å². The number of carbonyl (C=O) groups excluding carboxylic acids is 9. The quantitative estimate of drug-likeness (QED) is 0.0151. The monoisotopic (exact) mass is 885 g/mol. The molecule has 2 aliphatic heterocycles. The molecule has 2 fully saturated rings. The van der Waals surface area contributed by atoms with Crippen LogP contribution in [0, 0.1) is 11.8 Å². The van der Waals surface area contributed by atoms with Crippen molar-refractivity contribution in [2.45, 2.75) is 139 Å². The number of hydroxylamine groups is 1. The van der Waals surface area contributed by atoms with Crippen molar-refractivity contribution in [1.29, 1.82) is 0 Å². The molecular formula is C38H67N11O11S. The van der Waals surface area contributed by atoms with E-state index in [1.54, 1.807) is 0 Å². The summed E-state index contributed by atoms with van der Waals surface area (Å²) in [4.78, 5) is 112. The Morgan fingerprint density at radius 2 is 1.46 bits per heavy atom. The third kappa shape index (κ3) is 20.1. The number of hydrogen-bond acceptors (Lipinski definition) is 13. The zero-order valence-electron chi connectivity index (χ0n) is 35.3. The van der Waals surface area contributed by atoms with Gasteiger partial charge >= 0.3 is 6.03 Å². The Morgan fingerprint density at radius 3 is 2.11 bits per heavy atom. The van der Waals surface area contributed by atoms with Crippen molar-refractivity contribution in [3.63, 3.8) is 0 Å². The van der Waals surface area contributed by atoms with Crippen molar-refractivity contribution in [1.82, 2.24) is 48.0 Å². The third-order valence-electron chi connectivity index (χ3n) is 10.2.